The topological polar surface area (TPSA) is 107 Å². The largest absolute Gasteiger partial charge is 0.457 e. The first-order chi connectivity index (χ1) is 15.8. The van der Waals surface area contributed by atoms with E-state index in [-0.39, 0.29) is 11.5 Å². The number of rotatable bonds is 6. The molecule has 2 saturated heterocycles. The molecule has 2 aliphatic heterocycles. The number of fused-ring (bicyclic) bond motifs is 1. The Morgan fingerprint density at radius 1 is 1.00 bits per heavy atom. The van der Waals surface area contributed by atoms with Gasteiger partial charge in [-0.25, -0.2) is 0 Å². The first-order valence-electron chi connectivity index (χ1n) is 10.5. The molecule has 0 aliphatic carbocycles. The Bertz CT molecular complexity index is 1060. The molecule has 2 aliphatic rings. The Kier molecular flexibility index (Phi) is 7.13. The van der Waals surface area contributed by atoms with E-state index in [0.29, 0.717) is 0 Å². The minimum Gasteiger partial charge on any atom is -0.457 e. The van der Waals surface area contributed by atoms with Crippen LogP contribution in [0.1, 0.15) is 24.3 Å². The van der Waals surface area contributed by atoms with Crippen molar-refractivity contribution in [1.29, 1.82) is 0 Å². The third-order valence-electron chi connectivity index (χ3n) is 5.44. The molecule has 2 heterocycles. The number of esters is 1. The van der Waals surface area contributed by atoms with Gasteiger partial charge in [-0.3, -0.25) is 8.98 Å². The summed E-state index contributed by atoms with van der Waals surface area (Å²) in [6, 6.07) is 15.4. The van der Waals surface area contributed by atoms with E-state index in [4.69, 9.17) is 27.9 Å². The van der Waals surface area contributed by atoms with E-state index >= 15 is 0 Å². The minimum absolute atomic E-state index is 0.0401. The van der Waals surface area contributed by atoms with Gasteiger partial charge in [0.1, 0.15) is 12.2 Å². The molecule has 0 spiro atoms. The molecule has 0 radical (unpaired) electrons. The number of carbonyl (C=O) groups is 1. The van der Waals surface area contributed by atoms with Crippen molar-refractivity contribution in [3.63, 3.8) is 0 Å². The monoisotopic (exact) mass is 478 g/mol. The van der Waals surface area contributed by atoms with Crippen molar-refractivity contribution in [2.75, 3.05) is 13.7 Å². The fourth-order valence-corrected chi connectivity index (χ4v) is 4.92. The Hall–Kier alpha value is -2.34. The fraction of sp³-hybridized carbons (Fsp3) is 0.435. The van der Waals surface area contributed by atoms with Gasteiger partial charge in [0, 0.05) is 19.6 Å². The van der Waals surface area contributed by atoms with E-state index in [1.807, 2.05) is 37.3 Å². The molecule has 2 aromatic carbocycles. The summed E-state index contributed by atoms with van der Waals surface area (Å²) in [5.41, 5.74) is 1.66. The van der Waals surface area contributed by atoms with Gasteiger partial charge < -0.3 is 23.7 Å². The molecule has 9 nitrogen and oxygen atoms in total. The molecule has 178 valence electrons. The molecular weight excluding hydrogens is 452 g/mol. The van der Waals surface area contributed by atoms with Gasteiger partial charge in [-0.1, -0.05) is 48.0 Å². The summed E-state index contributed by atoms with van der Waals surface area (Å²) in [6.07, 6.45) is -5.83. The van der Waals surface area contributed by atoms with Gasteiger partial charge in [-0.05, 0) is 19.1 Å². The molecule has 0 aromatic heterocycles. The van der Waals surface area contributed by atoms with E-state index in [9.17, 15) is 13.2 Å². The van der Waals surface area contributed by atoms with Crippen LogP contribution in [0.25, 0.3) is 0 Å². The Labute approximate surface area is 192 Å². The number of hydrogen-bond donors (Lipinski definition) is 0. The predicted molar refractivity (Wildman–Crippen MR) is 114 cm³/mol. The number of methoxy groups -OCH3 is 1. The molecule has 2 aromatic rings. The van der Waals surface area contributed by atoms with E-state index in [1.165, 1.54) is 26.2 Å². The third kappa shape index (κ3) is 5.26. The molecule has 2 fully saturated rings. The zero-order valence-corrected chi connectivity index (χ0v) is 19.3. The second kappa shape index (κ2) is 9.88. The number of benzene rings is 2. The lowest BCUT2D eigenvalue weighted by atomic mass is 9.97. The lowest BCUT2D eigenvalue weighted by molar-refractivity contribution is -0.355. The number of carbonyl (C=O) groups excluding carboxylic acids is 1. The van der Waals surface area contributed by atoms with Crippen LogP contribution in [0, 0.1) is 6.92 Å². The highest BCUT2D eigenvalue weighted by atomic mass is 32.2. The quantitative estimate of drug-likeness (QED) is 0.457. The van der Waals surface area contributed by atoms with Gasteiger partial charge >= 0.3 is 5.97 Å². The average Bonchev–Trinajstić information content (AvgIpc) is 2.80. The van der Waals surface area contributed by atoms with Crippen LogP contribution in [-0.4, -0.2) is 58.8 Å². The van der Waals surface area contributed by atoms with Crippen molar-refractivity contribution in [3.05, 3.63) is 65.7 Å². The smallest absolute Gasteiger partial charge is 0.303 e. The molecular formula is C23H26O9S. The van der Waals surface area contributed by atoms with Crippen LogP contribution in [0.15, 0.2) is 59.5 Å². The van der Waals surface area contributed by atoms with Crippen molar-refractivity contribution in [2.24, 2.45) is 0 Å². The van der Waals surface area contributed by atoms with Crippen molar-refractivity contribution in [1.82, 2.24) is 0 Å². The first kappa shape index (κ1) is 23.8. The van der Waals surface area contributed by atoms with Gasteiger partial charge in [-0.2, -0.15) is 8.42 Å². The second-order valence-corrected chi connectivity index (χ2v) is 9.43. The van der Waals surface area contributed by atoms with Crippen LogP contribution in [0.3, 0.4) is 0 Å². The van der Waals surface area contributed by atoms with Crippen LogP contribution in [0.4, 0.5) is 0 Å². The van der Waals surface area contributed by atoms with E-state index in [0.717, 1.165) is 11.1 Å². The van der Waals surface area contributed by atoms with Crippen LogP contribution in [0.2, 0.25) is 0 Å². The van der Waals surface area contributed by atoms with Gasteiger partial charge in [-0.15, -0.1) is 0 Å². The maximum atomic E-state index is 13.0. The lowest BCUT2D eigenvalue weighted by Gasteiger charge is -2.47. The number of ether oxygens (including phenoxy) is 5. The molecule has 33 heavy (non-hydrogen) atoms. The molecule has 0 bridgehead atoms. The summed E-state index contributed by atoms with van der Waals surface area (Å²) in [4.78, 5) is 11.9. The van der Waals surface area contributed by atoms with E-state index < -0.39 is 53.1 Å². The highest BCUT2D eigenvalue weighted by molar-refractivity contribution is 7.86. The number of hydrogen-bond acceptors (Lipinski definition) is 9. The molecule has 4 rings (SSSR count). The van der Waals surface area contributed by atoms with Crippen LogP contribution >= 0.6 is 0 Å². The molecule has 10 heteroatoms. The summed E-state index contributed by atoms with van der Waals surface area (Å²) >= 11 is 0. The Balaban J connectivity index is 1.64. The normalized spacial score (nSPS) is 29.8. The highest BCUT2D eigenvalue weighted by Crippen LogP contribution is 2.37. The minimum atomic E-state index is -4.23. The van der Waals surface area contributed by atoms with Crippen LogP contribution in [-0.2, 0) is 42.8 Å². The van der Waals surface area contributed by atoms with Gasteiger partial charge in [0.25, 0.3) is 10.1 Å². The molecule has 0 saturated carbocycles. The SMILES string of the molecule is CO[C@H]1O[C@H]2CO[C@H](c3ccccc3)O[C@H]2[C@H](OC(C)=O)[C@H]1OS(=O)(=O)c1ccc(C)cc1. The summed E-state index contributed by atoms with van der Waals surface area (Å²) in [5.74, 6) is -0.622. The van der Waals surface area contributed by atoms with E-state index in [2.05, 4.69) is 0 Å². The van der Waals surface area contributed by atoms with Crippen molar-refractivity contribution in [2.45, 2.75) is 55.7 Å². The van der Waals surface area contributed by atoms with Crippen molar-refractivity contribution >= 4 is 16.1 Å². The molecule has 0 unspecified atom stereocenters. The molecule has 0 N–H and O–H groups in total. The summed E-state index contributed by atoms with van der Waals surface area (Å²) in [5, 5.41) is 0. The average molecular weight is 479 g/mol. The van der Waals surface area contributed by atoms with Crippen LogP contribution in [0.5, 0.6) is 0 Å². The zero-order chi connectivity index (χ0) is 23.6. The fourth-order valence-electron chi connectivity index (χ4n) is 3.85. The highest BCUT2D eigenvalue weighted by Gasteiger charge is 2.54. The van der Waals surface area contributed by atoms with Crippen molar-refractivity contribution in [3.8, 4) is 0 Å². The predicted octanol–water partition coefficient (Wildman–Crippen LogP) is 2.49. The molecule has 0 amide bonds. The van der Waals surface area contributed by atoms with Gasteiger partial charge in [0.2, 0.25) is 0 Å². The maximum Gasteiger partial charge on any atom is 0.303 e. The number of aryl methyl sites for hydroxylation is 1. The Morgan fingerprint density at radius 3 is 2.33 bits per heavy atom. The summed E-state index contributed by atoms with van der Waals surface area (Å²) in [6.45, 7) is 3.20. The third-order valence-corrected chi connectivity index (χ3v) is 6.76. The molecule has 6 atom stereocenters. The summed E-state index contributed by atoms with van der Waals surface area (Å²) < 4.78 is 60.2. The summed E-state index contributed by atoms with van der Waals surface area (Å²) in [7, 11) is -2.88. The lowest BCUT2D eigenvalue weighted by Crippen LogP contribution is -2.64. The standard InChI is InChI=1S/C23H26O9S/c1-14-9-11-17(12-10-14)33(25,26)32-21-20(29-15(2)24)19-18(30-23(21)27-3)13-28-22(31-19)16-7-5-4-6-8-16/h4-12,18-23H,13H2,1-3H3/t18-,19+,20-,21+,22-,23-/m0/s1. The maximum absolute atomic E-state index is 13.0. The zero-order valence-electron chi connectivity index (χ0n) is 18.4. The van der Waals surface area contributed by atoms with Gasteiger partial charge in [0.15, 0.2) is 24.8 Å². The van der Waals surface area contributed by atoms with Gasteiger partial charge in [0.05, 0.1) is 11.5 Å². The first-order valence-corrected chi connectivity index (χ1v) is 11.9. The Morgan fingerprint density at radius 2 is 1.70 bits per heavy atom. The van der Waals surface area contributed by atoms with Crippen LogP contribution < -0.4 is 0 Å². The van der Waals surface area contributed by atoms with Crippen molar-refractivity contribution < 1.29 is 41.1 Å². The second-order valence-electron chi connectivity index (χ2n) is 7.86. The van der Waals surface area contributed by atoms with E-state index in [1.54, 1.807) is 12.1 Å².